The number of fused-ring (bicyclic) bond motifs is 1. The topological polar surface area (TPSA) is 62.1 Å². The fourth-order valence-electron chi connectivity index (χ4n) is 1.86. The first kappa shape index (κ1) is 13.1. The van der Waals surface area contributed by atoms with E-state index in [1.54, 1.807) is 0 Å². The van der Waals surface area contributed by atoms with Gasteiger partial charge >= 0.3 is 6.18 Å². The highest BCUT2D eigenvalue weighted by atomic mass is 32.2. The molecule has 1 unspecified atom stereocenters. The first-order valence-electron chi connectivity index (χ1n) is 4.96. The fourth-order valence-corrected chi connectivity index (χ4v) is 2.65. The monoisotopic (exact) mass is 281 g/mol. The van der Waals surface area contributed by atoms with Crippen molar-refractivity contribution >= 4 is 10.0 Å². The fraction of sp³-hybridized carbons (Fsp3) is 0.556. The Morgan fingerprint density at radius 1 is 1.39 bits per heavy atom. The summed E-state index contributed by atoms with van der Waals surface area (Å²) < 4.78 is 61.3. The third-order valence-electron chi connectivity index (χ3n) is 2.76. The van der Waals surface area contributed by atoms with E-state index in [9.17, 15) is 21.6 Å². The summed E-state index contributed by atoms with van der Waals surface area (Å²) in [6.07, 6.45) is -1.97. The summed E-state index contributed by atoms with van der Waals surface area (Å²) in [4.78, 5) is 0. The summed E-state index contributed by atoms with van der Waals surface area (Å²) in [7, 11) is -3.67. The molecule has 0 saturated heterocycles. The third kappa shape index (κ3) is 2.02. The Morgan fingerprint density at radius 3 is 2.50 bits per heavy atom. The molecule has 5 nitrogen and oxygen atoms in total. The van der Waals surface area contributed by atoms with Crippen molar-refractivity contribution in [2.45, 2.75) is 25.1 Å². The Labute approximate surface area is 102 Å². The van der Waals surface area contributed by atoms with Crippen LogP contribution in [0.5, 0.6) is 0 Å². The van der Waals surface area contributed by atoms with Crippen LogP contribution in [0.1, 0.15) is 13.3 Å². The van der Waals surface area contributed by atoms with Crippen molar-refractivity contribution in [2.24, 2.45) is 10.3 Å². The van der Waals surface area contributed by atoms with Crippen molar-refractivity contribution in [1.29, 1.82) is 0 Å². The van der Waals surface area contributed by atoms with Crippen LogP contribution in [0.3, 0.4) is 0 Å². The maximum absolute atomic E-state index is 12.6. The van der Waals surface area contributed by atoms with Gasteiger partial charge in [-0.25, -0.2) is 8.42 Å². The van der Waals surface area contributed by atoms with Crippen molar-refractivity contribution in [2.75, 3.05) is 6.26 Å². The molecule has 1 heterocycles. The van der Waals surface area contributed by atoms with Gasteiger partial charge < -0.3 is 0 Å². The van der Waals surface area contributed by atoms with Gasteiger partial charge in [-0.1, -0.05) is 11.3 Å². The molecule has 0 aromatic rings. The maximum atomic E-state index is 12.6. The van der Waals surface area contributed by atoms with Crippen LogP contribution in [0.2, 0.25) is 0 Å². The number of hydrogen-bond acceptors (Lipinski definition) is 4. The zero-order valence-electron chi connectivity index (χ0n) is 9.56. The minimum atomic E-state index is -4.45. The molecular formula is C9H10F3N3O2S. The molecule has 9 heteroatoms. The molecule has 0 radical (unpaired) electrons. The SMILES string of the molecule is CC12CC(C(F)(F)F)=CC=C1N(S(C)(=O)=O)N=N2. The minimum absolute atomic E-state index is 0.137. The molecule has 18 heavy (non-hydrogen) atoms. The van der Waals surface area contributed by atoms with Crippen molar-refractivity contribution in [1.82, 2.24) is 4.41 Å². The van der Waals surface area contributed by atoms with Crippen LogP contribution in [0, 0.1) is 0 Å². The van der Waals surface area contributed by atoms with E-state index in [-0.39, 0.29) is 5.70 Å². The summed E-state index contributed by atoms with van der Waals surface area (Å²) in [6.45, 7) is 1.42. The predicted molar refractivity (Wildman–Crippen MR) is 56.8 cm³/mol. The van der Waals surface area contributed by atoms with Crippen molar-refractivity contribution in [3.05, 3.63) is 23.4 Å². The quantitative estimate of drug-likeness (QED) is 0.739. The lowest BCUT2D eigenvalue weighted by molar-refractivity contribution is -0.0954. The van der Waals surface area contributed by atoms with Gasteiger partial charge in [0.25, 0.3) is 10.0 Å². The highest BCUT2D eigenvalue weighted by Gasteiger charge is 2.48. The number of rotatable bonds is 1. The van der Waals surface area contributed by atoms with Crippen molar-refractivity contribution < 1.29 is 21.6 Å². The second-order valence-corrected chi connectivity index (χ2v) is 6.20. The largest absolute Gasteiger partial charge is 0.412 e. The van der Waals surface area contributed by atoms with E-state index in [0.717, 1.165) is 18.4 Å². The van der Waals surface area contributed by atoms with Crippen LogP contribution in [-0.2, 0) is 10.0 Å². The third-order valence-corrected chi connectivity index (χ3v) is 3.66. The summed E-state index contributed by atoms with van der Waals surface area (Å²) in [6, 6.07) is 0. The molecule has 1 atom stereocenters. The molecule has 100 valence electrons. The smallest absolute Gasteiger partial charge is 0.205 e. The summed E-state index contributed by atoms with van der Waals surface area (Å²) in [5.74, 6) is 0. The second-order valence-electron chi connectivity index (χ2n) is 4.39. The van der Waals surface area contributed by atoms with Gasteiger partial charge in [-0.15, -0.1) is 4.41 Å². The average Bonchev–Trinajstić information content (AvgIpc) is 2.51. The zero-order chi connectivity index (χ0) is 13.8. The molecule has 0 aromatic heterocycles. The van der Waals surface area contributed by atoms with Crippen LogP contribution in [-0.4, -0.2) is 30.8 Å². The Balaban J connectivity index is 2.46. The Hall–Kier alpha value is -1.38. The Bertz CT molecular complexity index is 576. The van der Waals surface area contributed by atoms with E-state index < -0.39 is 33.7 Å². The molecule has 0 fully saturated rings. The lowest BCUT2D eigenvalue weighted by Gasteiger charge is -2.28. The molecule has 0 bridgehead atoms. The standard InChI is InChI=1S/C9H10F3N3O2S/c1-8-5-6(9(10,11)12)3-4-7(8)15(14-13-8)18(2,16)17/h3-4H,5H2,1-2H3. The molecule has 2 aliphatic rings. The van der Waals surface area contributed by atoms with Gasteiger partial charge in [0.05, 0.1) is 12.0 Å². The van der Waals surface area contributed by atoms with Crippen LogP contribution in [0.4, 0.5) is 13.2 Å². The van der Waals surface area contributed by atoms with E-state index in [1.165, 1.54) is 6.92 Å². The van der Waals surface area contributed by atoms with Crippen LogP contribution in [0.15, 0.2) is 33.8 Å². The van der Waals surface area contributed by atoms with Gasteiger partial charge in [0, 0.05) is 12.0 Å². The van der Waals surface area contributed by atoms with E-state index in [1.807, 2.05) is 0 Å². The molecule has 0 spiro atoms. The molecule has 1 aliphatic carbocycles. The van der Waals surface area contributed by atoms with E-state index in [4.69, 9.17) is 0 Å². The van der Waals surface area contributed by atoms with Gasteiger partial charge in [-0.05, 0) is 13.0 Å². The van der Waals surface area contributed by atoms with Gasteiger partial charge in [0.1, 0.15) is 5.54 Å². The number of alkyl halides is 3. The molecule has 0 aromatic carbocycles. The van der Waals surface area contributed by atoms with Gasteiger partial charge in [-0.2, -0.15) is 18.3 Å². The second kappa shape index (κ2) is 3.56. The van der Waals surface area contributed by atoms with Gasteiger partial charge in [0.15, 0.2) is 0 Å². The van der Waals surface area contributed by atoms with Crippen LogP contribution >= 0.6 is 0 Å². The number of hydrogen-bond donors (Lipinski definition) is 0. The van der Waals surface area contributed by atoms with E-state index >= 15 is 0 Å². The lowest BCUT2D eigenvalue weighted by atomic mass is 9.86. The summed E-state index contributed by atoms with van der Waals surface area (Å²) >= 11 is 0. The molecular weight excluding hydrogens is 271 g/mol. The van der Waals surface area contributed by atoms with E-state index in [2.05, 4.69) is 10.3 Å². The lowest BCUT2D eigenvalue weighted by Crippen LogP contribution is -2.35. The average molecular weight is 281 g/mol. The molecule has 2 rings (SSSR count). The molecule has 0 N–H and O–H groups in total. The Morgan fingerprint density at radius 2 is 2.00 bits per heavy atom. The highest BCUT2D eigenvalue weighted by Crippen LogP contribution is 2.44. The number of allylic oxidation sites excluding steroid dienone is 2. The number of nitrogens with zero attached hydrogens (tertiary/aromatic N) is 3. The predicted octanol–water partition coefficient (Wildman–Crippen LogP) is 2.16. The molecule has 1 aliphatic heterocycles. The zero-order valence-corrected chi connectivity index (χ0v) is 10.4. The van der Waals surface area contributed by atoms with Crippen molar-refractivity contribution in [3.63, 3.8) is 0 Å². The minimum Gasteiger partial charge on any atom is -0.205 e. The van der Waals surface area contributed by atoms with E-state index in [0.29, 0.717) is 4.41 Å². The first-order valence-corrected chi connectivity index (χ1v) is 6.80. The van der Waals surface area contributed by atoms with Gasteiger partial charge in [0.2, 0.25) is 0 Å². The maximum Gasteiger partial charge on any atom is 0.412 e. The van der Waals surface area contributed by atoms with Gasteiger partial charge in [-0.3, -0.25) is 0 Å². The summed E-state index contributed by atoms with van der Waals surface area (Å²) in [5.41, 5.74) is -1.89. The summed E-state index contributed by atoms with van der Waals surface area (Å²) in [5, 5.41) is 7.11. The number of sulfonamides is 1. The van der Waals surface area contributed by atoms with Crippen molar-refractivity contribution in [3.8, 4) is 0 Å². The normalized spacial score (nSPS) is 27.9. The molecule has 0 saturated carbocycles. The Kier molecular flexibility index (Phi) is 2.58. The van der Waals surface area contributed by atoms with Crippen LogP contribution in [0.25, 0.3) is 0 Å². The number of halogens is 3. The first-order chi connectivity index (χ1) is 8.04. The molecule has 0 amide bonds. The van der Waals surface area contributed by atoms with Crippen LogP contribution < -0.4 is 0 Å². The highest BCUT2D eigenvalue weighted by molar-refractivity contribution is 7.88.